The number of hydrogen-bond donors (Lipinski definition) is 0. The maximum Gasteiger partial charge on any atom is 0.410 e. The van der Waals surface area contributed by atoms with Gasteiger partial charge < -0.3 is 19.1 Å². The smallest absolute Gasteiger partial charge is 0.410 e. The van der Waals surface area contributed by atoms with Gasteiger partial charge in [-0.3, -0.25) is 0 Å². The van der Waals surface area contributed by atoms with Crippen LogP contribution in [0.3, 0.4) is 0 Å². The molecule has 25 heavy (non-hydrogen) atoms. The van der Waals surface area contributed by atoms with Crippen molar-refractivity contribution < 1.29 is 23.8 Å². The van der Waals surface area contributed by atoms with Gasteiger partial charge in [-0.1, -0.05) is 12.1 Å². The van der Waals surface area contributed by atoms with Crippen LogP contribution >= 0.6 is 0 Å². The molecular formula is C19H27NO5. The van der Waals surface area contributed by atoms with E-state index < -0.39 is 5.60 Å². The van der Waals surface area contributed by atoms with Gasteiger partial charge in [0.05, 0.1) is 18.8 Å². The Balaban J connectivity index is 2.15. The number of esters is 1. The number of ether oxygens (including phenoxy) is 3. The first-order valence-electron chi connectivity index (χ1n) is 8.44. The summed E-state index contributed by atoms with van der Waals surface area (Å²) in [4.78, 5) is 25.7. The maximum absolute atomic E-state index is 12.4. The van der Waals surface area contributed by atoms with Crippen LogP contribution in [0.1, 0.15) is 49.0 Å². The van der Waals surface area contributed by atoms with Crippen molar-refractivity contribution in [2.24, 2.45) is 0 Å². The van der Waals surface area contributed by atoms with E-state index in [4.69, 9.17) is 14.2 Å². The molecule has 0 saturated carbocycles. The number of piperidine rings is 1. The van der Waals surface area contributed by atoms with E-state index in [1.54, 1.807) is 24.1 Å². The van der Waals surface area contributed by atoms with Gasteiger partial charge >= 0.3 is 12.1 Å². The highest BCUT2D eigenvalue weighted by atomic mass is 16.6. The van der Waals surface area contributed by atoms with Gasteiger partial charge in [0.1, 0.15) is 5.60 Å². The number of carbonyl (C=O) groups excluding carboxylic acids is 2. The van der Waals surface area contributed by atoms with Gasteiger partial charge in [-0.25, -0.2) is 9.59 Å². The molecule has 138 valence electrons. The second-order valence-corrected chi connectivity index (χ2v) is 7.21. The number of likely N-dealkylation sites (tertiary alicyclic amines) is 1. The largest absolute Gasteiger partial charge is 0.465 e. The van der Waals surface area contributed by atoms with Crippen LogP contribution in [-0.4, -0.2) is 56.0 Å². The molecule has 6 heteroatoms. The molecule has 1 aromatic carbocycles. The maximum atomic E-state index is 12.4. The molecule has 1 aliphatic heterocycles. The number of nitrogens with zero attached hydrogens (tertiary/aromatic N) is 1. The van der Waals surface area contributed by atoms with Crippen LogP contribution < -0.4 is 0 Å². The van der Waals surface area contributed by atoms with Crippen LogP contribution in [0.2, 0.25) is 0 Å². The van der Waals surface area contributed by atoms with E-state index in [9.17, 15) is 9.59 Å². The number of methoxy groups -OCH3 is 2. The molecule has 6 nitrogen and oxygen atoms in total. The number of carbonyl (C=O) groups is 2. The van der Waals surface area contributed by atoms with Gasteiger partial charge in [-0.2, -0.15) is 0 Å². The average molecular weight is 349 g/mol. The minimum absolute atomic E-state index is 0.0164. The lowest BCUT2D eigenvalue weighted by Gasteiger charge is -2.38. The Labute approximate surface area is 149 Å². The molecule has 1 aromatic rings. The molecule has 0 aromatic heterocycles. The molecule has 1 aliphatic rings. The van der Waals surface area contributed by atoms with Crippen LogP contribution in [0.5, 0.6) is 0 Å². The van der Waals surface area contributed by atoms with Crippen molar-refractivity contribution >= 4 is 12.1 Å². The van der Waals surface area contributed by atoms with E-state index >= 15 is 0 Å². The fraction of sp³-hybridized carbons (Fsp3) is 0.579. The predicted octanol–water partition coefficient (Wildman–Crippen LogP) is 3.21. The lowest BCUT2D eigenvalue weighted by atomic mass is 9.87. The summed E-state index contributed by atoms with van der Waals surface area (Å²) in [7, 11) is 3.04. The Morgan fingerprint density at radius 2 is 1.76 bits per heavy atom. The summed E-state index contributed by atoms with van der Waals surface area (Å²) in [6, 6.07) is 7.25. The van der Waals surface area contributed by atoms with E-state index in [-0.39, 0.29) is 24.1 Å². The highest BCUT2D eigenvalue weighted by molar-refractivity contribution is 5.89. The lowest BCUT2D eigenvalue weighted by molar-refractivity contribution is -0.00700. The minimum Gasteiger partial charge on any atom is -0.465 e. The molecule has 2 unspecified atom stereocenters. The van der Waals surface area contributed by atoms with E-state index in [1.807, 2.05) is 32.9 Å². The van der Waals surface area contributed by atoms with E-state index in [2.05, 4.69) is 0 Å². The van der Waals surface area contributed by atoms with Crippen LogP contribution in [0.4, 0.5) is 4.79 Å². The van der Waals surface area contributed by atoms with E-state index in [0.717, 1.165) is 12.0 Å². The zero-order chi connectivity index (χ0) is 18.6. The summed E-state index contributed by atoms with van der Waals surface area (Å²) in [5.41, 5.74) is 1.00. The van der Waals surface area contributed by atoms with Crippen molar-refractivity contribution in [1.29, 1.82) is 0 Å². The molecule has 1 fully saturated rings. The Hall–Kier alpha value is -2.08. The Morgan fingerprint density at radius 1 is 1.12 bits per heavy atom. The highest BCUT2D eigenvalue weighted by Crippen LogP contribution is 2.30. The SMILES string of the molecule is COC(=O)c1ccc(C2CN(C(=O)OC(C)(C)C)CCC2OC)cc1. The molecule has 0 N–H and O–H groups in total. The van der Waals surface area contributed by atoms with Crippen molar-refractivity contribution in [1.82, 2.24) is 4.90 Å². The monoisotopic (exact) mass is 349 g/mol. The third-order valence-electron chi connectivity index (χ3n) is 4.26. The van der Waals surface area contributed by atoms with Gasteiger partial charge in [0, 0.05) is 26.1 Å². The zero-order valence-corrected chi connectivity index (χ0v) is 15.6. The molecule has 1 heterocycles. The summed E-state index contributed by atoms with van der Waals surface area (Å²) in [5.74, 6) is -0.341. The molecular weight excluding hydrogens is 322 g/mol. The average Bonchev–Trinajstić information content (AvgIpc) is 2.59. The van der Waals surface area contributed by atoms with E-state index in [0.29, 0.717) is 18.7 Å². The predicted molar refractivity (Wildman–Crippen MR) is 93.7 cm³/mol. The molecule has 1 amide bonds. The summed E-state index contributed by atoms with van der Waals surface area (Å²) >= 11 is 0. The van der Waals surface area contributed by atoms with E-state index in [1.165, 1.54) is 7.11 Å². The molecule has 0 radical (unpaired) electrons. The Bertz CT molecular complexity index is 605. The van der Waals surface area contributed by atoms with Crippen molar-refractivity contribution in [3.8, 4) is 0 Å². The first kappa shape index (κ1) is 19.2. The summed E-state index contributed by atoms with van der Waals surface area (Å²) in [6.07, 6.45) is 0.444. The number of amides is 1. The number of benzene rings is 1. The second-order valence-electron chi connectivity index (χ2n) is 7.21. The van der Waals surface area contributed by atoms with Crippen molar-refractivity contribution in [3.63, 3.8) is 0 Å². The van der Waals surface area contributed by atoms with Gasteiger partial charge in [-0.15, -0.1) is 0 Å². The third-order valence-corrected chi connectivity index (χ3v) is 4.26. The van der Waals surface area contributed by atoms with Gasteiger partial charge in [0.15, 0.2) is 0 Å². The number of hydrogen-bond acceptors (Lipinski definition) is 5. The van der Waals surface area contributed by atoms with Crippen LogP contribution in [0, 0.1) is 0 Å². The summed E-state index contributed by atoms with van der Waals surface area (Å²) < 4.78 is 15.8. The van der Waals surface area contributed by atoms with Gasteiger partial charge in [0.2, 0.25) is 0 Å². The fourth-order valence-electron chi connectivity index (χ4n) is 3.01. The third kappa shape index (κ3) is 4.95. The Morgan fingerprint density at radius 3 is 2.28 bits per heavy atom. The van der Waals surface area contributed by atoms with Gasteiger partial charge in [-0.05, 0) is 44.9 Å². The first-order valence-corrected chi connectivity index (χ1v) is 8.44. The van der Waals surface area contributed by atoms with Crippen molar-refractivity contribution in [3.05, 3.63) is 35.4 Å². The quantitative estimate of drug-likeness (QED) is 0.784. The lowest BCUT2D eigenvalue weighted by Crippen LogP contribution is -2.47. The van der Waals surface area contributed by atoms with Crippen LogP contribution in [-0.2, 0) is 14.2 Å². The normalized spacial score (nSPS) is 20.9. The molecule has 2 rings (SSSR count). The van der Waals surface area contributed by atoms with Crippen molar-refractivity contribution in [2.45, 2.75) is 44.8 Å². The number of rotatable bonds is 3. The summed E-state index contributed by atoms with van der Waals surface area (Å²) in [6.45, 7) is 6.69. The zero-order valence-electron chi connectivity index (χ0n) is 15.6. The second kappa shape index (κ2) is 7.87. The molecule has 0 aliphatic carbocycles. The Kier molecular flexibility index (Phi) is 6.06. The first-order chi connectivity index (χ1) is 11.7. The minimum atomic E-state index is -0.521. The topological polar surface area (TPSA) is 65.1 Å². The molecule has 0 bridgehead atoms. The molecule has 1 saturated heterocycles. The summed E-state index contributed by atoms with van der Waals surface area (Å²) in [5, 5.41) is 0. The standard InChI is InChI=1S/C19H27NO5/c1-19(2,3)25-18(22)20-11-10-16(23-4)15(12-20)13-6-8-14(9-7-13)17(21)24-5/h6-9,15-16H,10-12H2,1-5H3. The van der Waals surface area contributed by atoms with Crippen LogP contribution in [0.15, 0.2) is 24.3 Å². The van der Waals surface area contributed by atoms with Crippen molar-refractivity contribution in [2.75, 3.05) is 27.3 Å². The molecule has 2 atom stereocenters. The van der Waals surface area contributed by atoms with Crippen LogP contribution in [0.25, 0.3) is 0 Å². The highest BCUT2D eigenvalue weighted by Gasteiger charge is 2.34. The molecule has 0 spiro atoms. The van der Waals surface area contributed by atoms with Gasteiger partial charge in [0.25, 0.3) is 0 Å². The fourth-order valence-corrected chi connectivity index (χ4v) is 3.01.